The average molecular weight is 462 g/mol. The number of benzene rings is 1. The summed E-state index contributed by atoms with van der Waals surface area (Å²) in [6.45, 7) is 8.70. The molecular weight excluding hydrogens is 426 g/mol. The standard InChI is InChI=1S/C27H35N5O2/c1-4-6-14-31(15-7-5-2)27(34)21-17-23-24-22(9-8-16-32(23)18-21)25(30-29-24)28-26(33)20-12-10-19(3)11-13-20/h10-13,17-18H,4-9,14-16H2,1-3H3,(H2,28,29,30,33). The van der Waals surface area contributed by atoms with Crippen molar-refractivity contribution in [3.05, 3.63) is 58.8 Å². The first-order valence-electron chi connectivity index (χ1n) is 12.5. The molecule has 4 rings (SSSR count). The quantitative estimate of drug-likeness (QED) is 0.446. The number of H-pyrrole nitrogens is 1. The van der Waals surface area contributed by atoms with Crippen molar-refractivity contribution in [2.75, 3.05) is 18.4 Å². The van der Waals surface area contributed by atoms with E-state index in [1.165, 1.54) is 0 Å². The second-order valence-electron chi connectivity index (χ2n) is 9.16. The Kier molecular flexibility index (Phi) is 7.50. The summed E-state index contributed by atoms with van der Waals surface area (Å²) in [7, 11) is 0. The van der Waals surface area contributed by atoms with Crippen molar-refractivity contribution in [1.82, 2.24) is 19.7 Å². The maximum Gasteiger partial charge on any atom is 0.256 e. The summed E-state index contributed by atoms with van der Waals surface area (Å²) in [5, 5.41) is 10.5. The van der Waals surface area contributed by atoms with Gasteiger partial charge in [0.25, 0.3) is 11.8 Å². The number of hydrogen-bond acceptors (Lipinski definition) is 3. The number of amides is 2. The first-order chi connectivity index (χ1) is 16.5. The molecule has 0 spiro atoms. The van der Waals surface area contributed by atoms with Gasteiger partial charge in [0.2, 0.25) is 0 Å². The predicted octanol–water partition coefficient (Wildman–Crippen LogP) is 5.43. The van der Waals surface area contributed by atoms with Gasteiger partial charge in [0.05, 0.1) is 17.0 Å². The van der Waals surface area contributed by atoms with Crippen LogP contribution in [0.3, 0.4) is 0 Å². The Hall–Kier alpha value is -3.35. The smallest absolute Gasteiger partial charge is 0.256 e. The van der Waals surface area contributed by atoms with Crippen molar-refractivity contribution in [3.63, 3.8) is 0 Å². The highest BCUT2D eigenvalue weighted by Gasteiger charge is 2.25. The monoisotopic (exact) mass is 461 g/mol. The van der Waals surface area contributed by atoms with Crippen LogP contribution in [-0.2, 0) is 13.0 Å². The second kappa shape index (κ2) is 10.7. The molecule has 3 heterocycles. The van der Waals surface area contributed by atoms with Crippen LogP contribution in [0.2, 0.25) is 0 Å². The van der Waals surface area contributed by atoms with Crippen molar-refractivity contribution < 1.29 is 9.59 Å². The number of nitrogens with zero attached hydrogens (tertiary/aromatic N) is 3. The van der Waals surface area contributed by atoms with E-state index in [0.717, 1.165) is 86.2 Å². The molecule has 1 aliphatic rings. The number of aryl methyl sites for hydroxylation is 2. The molecule has 0 fully saturated rings. The highest BCUT2D eigenvalue weighted by Crippen LogP contribution is 2.33. The Balaban J connectivity index is 1.58. The number of carbonyl (C=O) groups excluding carboxylic acids is 2. The van der Waals surface area contributed by atoms with E-state index < -0.39 is 0 Å². The van der Waals surface area contributed by atoms with E-state index in [1.807, 2.05) is 48.4 Å². The van der Waals surface area contributed by atoms with Gasteiger partial charge in [-0.3, -0.25) is 14.7 Å². The molecule has 2 amide bonds. The Bertz CT molecular complexity index is 1130. The van der Waals surface area contributed by atoms with E-state index in [2.05, 4.69) is 33.9 Å². The van der Waals surface area contributed by atoms with E-state index in [1.54, 1.807) is 0 Å². The van der Waals surface area contributed by atoms with Crippen molar-refractivity contribution in [2.24, 2.45) is 0 Å². The van der Waals surface area contributed by atoms with Gasteiger partial charge in [0, 0.05) is 37.0 Å². The molecule has 0 unspecified atom stereocenters. The molecule has 1 aromatic carbocycles. The molecule has 34 heavy (non-hydrogen) atoms. The van der Waals surface area contributed by atoms with Crippen LogP contribution in [0.15, 0.2) is 36.5 Å². The molecule has 7 nitrogen and oxygen atoms in total. The fourth-order valence-corrected chi connectivity index (χ4v) is 4.45. The third-order valence-electron chi connectivity index (χ3n) is 6.49. The SMILES string of the molecule is CCCCN(CCCC)C(=O)c1cc2n(c1)CCCc1c(NC(=O)c3ccc(C)cc3)n[nH]c1-2. The molecule has 2 aromatic heterocycles. The molecule has 0 saturated carbocycles. The molecule has 0 atom stereocenters. The summed E-state index contributed by atoms with van der Waals surface area (Å²) >= 11 is 0. The minimum atomic E-state index is -0.174. The number of unbranched alkanes of at least 4 members (excludes halogenated alkanes) is 2. The molecule has 1 aliphatic heterocycles. The topological polar surface area (TPSA) is 83.0 Å². The third kappa shape index (κ3) is 5.08. The maximum absolute atomic E-state index is 13.3. The second-order valence-corrected chi connectivity index (χ2v) is 9.16. The predicted molar refractivity (Wildman–Crippen MR) is 135 cm³/mol. The molecule has 0 bridgehead atoms. The summed E-state index contributed by atoms with van der Waals surface area (Å²) in [5.74, 6) is 0.486. The van der Waals surface area contributed by atoms with Crippen LogP contribution in [0.5, 0.6) is 0 Å². The van der Waals surface area contributed by atoms with Gasteiger partial charge < -0.3 is 14.8 Å². The molecule has 180 valence electrons. The van der Waals surface area contributed by atoms with Crippen LogP contribution in [-0.4, -0.2) is 44.6 Å². The summed E-state index contributed by atoms with van der Waals surface area (Å²) in [4.78, 5) is 28.1. The average Bonchev–Trinajstić information content (AvgIpc) is 3.39. The lowest BCUT2D eigenvalue weighted by Crippen LogP contribution is -2.32. The molecule has 2 N–H and O–H groups in total. The molecule has 0 aliphatic carbocycles. The van der Waals surface area contributed by atoms with Crippen LogP contribution >= 0.6 is 0 Å². The highest BCUT2D eigenvalue weighted by atomic mass is 16.2. The minimum Gasteiger partial charge on any atom is -0.345 e. The van der Waals surface area contributed by atoms with Gasteiger partial charge in [-0.2, -0.15) is 5.10 Å². The summed E-state index contributed by atoms with van der Waals surface area (Å²) in [6.07, 6.45) is 7.84. The van der Waals surface area contributed by atoms with Gasteiger partial charge in [-0.05, 0) is 50.8 Å². The van der Waals surface area contributed by atoms with Crippen molar-refractivity contribution in [3.8, 4) is 11.4 Å². The van der Waals surface area contributed by atoms with Crippen molar-refractivity contribution >= 4 is 17.6 Å². The number of nitrogens with one attached hydrogen (secondary N) is 2. The van der Waals surface area contributed by atoms with Crippen molar-refractivity contribution in [1.29, 1.82) is 0 Å². The molecular formula is C27H35N5O2. The van der Waals surface area contributed by atoms with Crippen LogP contribution in [0.1, 0.15) is 77.8 Å². The Morgan fingerprint density at radius 1 is 1.09 bits per heavy atom. The number of rotatable bonds is 9. The lowest BCUT2D eigenvalue weighted by atomic mass is 10.1. The minimum absolute atomic E-state index is 0.0939. The van der Waals surface area contributed by atoms with Gasteiger partial charge in [-0.15, -0.1) is 0 Å². The zero-order chi connectivity index (χ0) is 24.1. The number of anilines is 1. The lowest BCUT2D eigenvalue weighted by Gasteiger charge is -2.21. The largest absolute Gasteiger partial charge is 0.345 e. The van der Waals surface area contributed by atoms with E-state index in [4.69, 9.17) is 0 Å². The molecule has 7 heteroatoms. The molecule has 3 aromatic rings. The van der Waals surface area contributed by atoms with E-state index in [-0.39, 0.29) is 11.8 Å². The number of aromatic amines is 1. The maximum atomic E-state index is 13.3. The van der Waals surface area contributed by atoms with E-state index in [0.29, 0.717) is 11.4 Å². The van der Waals surface area contributed by atoms with Gasteiger partial charge in [0.1, 0.15) is 0 Å². The number of hydrogen-bond donors (Lipinski definition) is 2. The van der Waals surface area contributed by atoms with Gasteiger partial charge in [-0.1, -0.05) is 44.4 Å². The zero-order valence-electron chi connectivity index (χ0n) is 20.5. The van der Waals surface area contributed by atoms with Gasteiger partial charge in [-0.25, -0.2) is 0 Å². The van der Waals surface area contributed by atoms with Crippen LogP contribution in [0.25, 0.3) is 11.4 Å². The Morgan fingerprint density at radius 2 is 1.79 bits per heavy atom. The van der Waals surface area contributed by atoms with Crippen LogP contribution in [0.4, 0.5) is 5.82 Å². The first kappa shape index (κ1) is 23.8. The third-order valence-corrected chi connectivity index (χ3v) is 6.49. The van der Waals surface area contributed by atoms with Gasteiger partial charge in [0.15, 0.2) is 5.82 Å². The summed E-state index contributed by atoms with van der Waals surface area (Å²) in [6, 6.07) is 9.47. The van der Waals surface area contributed by atoms with E-state index >= 15 is 0 Å². The van der Waals surface area contributed by atoms with Crippen molar-refractivity contribution in [2.45, 2.75) is 65.8 Å². The first-order valence-corrected chi connectivity index (χ1v) is 12.5. The lowest BCUT2D eigenvalue weighted by molar-refractivity contribution is 0.0751. The summed E-state index contributed by atoms with van der Waals surface area (Å²) in [5.41, 5.74) is 5.25. The zero-order valence-corrected chi connectivity index (χ0v) is 20.5. The van der Waals surface area contributed by atoms with Crippen LogP contribution in [0, 0.1) is 6.92 Å². The van der Waals surface area contributed by atoms with Crippen LogP contribution < -0.4 is 5.32 Å². The number of carbonyl (C=O) groups is 2. The highest BCUT2D eigenvalue weighted by molar-refractivity contribution is 6.04. The Morgan fingerprint density at radius 3 is 2.47 bits per heavy atom. The Labute approximate surface area is 201 Å². The molecule has 0 radical (unpaired) electrons. The fraction of sp³-hybridized carbons (Fsp3) is 0.444. The fourth-order valence-electron chi connectivity index (χ4n) is 4.45. The number of aromatic nitrogens is 3. The molecule has 0 saturated heterocycles. The normalized spacial score (nSPS) is 12.6. The van der Waals surface area contributed by atoms with E-state index in [9.17, 15) is 9.59 Å². The number of fused-ring (bicyclic) bond motifs is 3. The summed E-state index contributed by atoms with van der Waals surface area (Å²) < 4.78 is 2.14. The van der Waals surface area contributed by atoms with Gasteiger partial charge >= 0.3 is 0 Å².